The largest absolute Gasteiger partial charge is 0.465 e. The fourth-order valence-corrected chi connectivity index (χ4v) is 5.97. The average Bonchev–Trinajstić information content (AvgIpc) is 2.94. The number of ether oxygens (including phenoxy) is 1. The summed E-state index contributed by atoms with van der Waals surface area (Å²) in [5.41, 5.74) is 0. The molecule has 0 aliphatic carbocycles. The summed E-state index contributed by atoms with van der Waals surface area (Å²) in [4.78, 5) is 12.9. The van der Waals surface area contributed by atoms with Gasteiger partial charge in [0.05, 0.1) is 12.5 Å². The van der Waals surface area contributed by atoms with Crippen molar-refractivity contribution in [2.24, 2.45) is 11.8 Å². The zero-order valence-electron chi connectivity index (χ0n) is 28.4. The fraction of sp³-hybridized carbons (Fsp3) is 0.974. The van der Waals surface area contributed by atoms with E-state index in [1.54, 1.807) is 0 Å². The van der Waals surface area contributed by atoms with Crippen LogP contribution in [0.1, 0.15) is 220 Å². The number of esters is 1. The quantitative estimate of drug-likeness (QED) is 0.0585. The predicted octanol–water partition coefficient (Wildman–Crippen LogP) is 13.5. The van der Waals surface area contributed by atoms with Crippen molar-refractivity contribution >= 4 is 5.97 Å². The molecule has 0 fully saturated rings. The Balaban J connectivity index is 3.93. The smallest absolute Gasteiger partial charge is 0.308 e. The lowest BCUT2D eigenvalue weighted by molar-refractivity contribution is -0.149. The van der Waals surface area contributed by atoms with Crippen molar-refractivity contribution in [2.45, 2.75) is 220 Å². The normalized spacial score (nSPS) is 12.3. The van der Waals surface area contributed by atoms with E-state index < -0.39 is 0 Å². The Morgan fingerprint density at radius 1 is 0.425 bits per heavy atom. The van der Waals surface area contributed by atoms with Gasteiger partial charge in [0.15, 0.2) is 0 Å². The summed E-state index contributed by atoms with van der Waals surface area (Å²) < 4.78 is 5.80. The summed E-state index contributed by atoms with van der Waals surface area (Å²) in [7, 11) is 0. The highest BCUT2D eigenvalue weighted by Crippen LogP contribution is 2.21. The molecule has 0 amide bonds. The molecule has 0 spiro atoms. The standard InChI is InChI=1S/C38H76O2/c1-5-7-9-11-13-14-20-23-27-31-35-40-38(39)37(33-29-25-12-10-8-6-2)34-30-26-22-19-17-15-16-18-21-24-28-32-36(3)4/h36-37H,5-35H2,1-4H3. The van der Waals surface area contributed by atoms with E-state index in [0.29, 0.717) is 6.61 Å². The summed E-state index contributed by atoms with van der Waals surface area (Å²) in [6.45, 7) is 9.86. The zero-order valence-corrected chi connectivity index (χ0v) is 28.4. The molecule has 2 nitrogen and oxygen atoms in total. The van der Waals surface area contributed by atoms with Gasteiger partial charge in [-0.05, 0) is 25.2 Å². The SMILES string of the molecule is CCCCCCCCCCCCOC(=O)C(CCCCCCCC)CCCCCCCCCCCCCC(C)C. The van der Waals surface area contributed by atoms with E-state index in [1.165, 1.54) is 173 Å². The van der Waals surface area contributed by atoms with Gasteiger partial charge in [0.2, 0.25) is 0 Å². The first kappa shape index (κ1) is 39.5. The molecule has 1 atom stereocenters. The van der Waals surface area contributed by atoms with Gasteiger partial charge in [0.25, 0.3) is 0 Å². The molecular formula is C38H76O2. The molecular weight excluding hydrogens is 488 g/mol. The second kappa shape index (κ2) is 33.0. The molecule has 0 aliphatic heterocycles. The highest BCUT2D eigenvalue weighted by atomic mass is 16.5. The molecule has 0 radical (unpaired) electrons. The maximum absolute atomic E-state index is 12.9. The van der Waals surface area contributed by atoms with E-state index in [2.05, 4.69) is 27.7 Å². The predicted molar refractivity (Wildman–Crippen MR) is 179 cm³/mol. The van der Waals surface area contributed by atoms with Crippen LogP contribution in [-0.2, 0) is 9.53 Å². The van der Waals surface area contributed by atoms with E-state index in [0.717, 1.165) is 25.2 Å². The van der Waals surface area contributed by atoms with Gasteiger partial charge >= 0.3 is 5.97 Å². The molecule has 0 aliphatic rings. The number of carbonyl (C=O) groups excluding carboxylic acids is 1. The zero-order chi connectivity index (χ0) is 29.4. The van der Waals surface area contributed by atoms with Gasteiger partial charge in [-0.3, -0.25) is 4.79 Å². The van der Waals surface area contributed by atoms with Gasteiger partial charge in [0, 0.05) is 0 Å². The fourth-order valence-electron chi connectivity index (χ4n) is 5.97. The molecule has 0 aromatic carbocycles. The number of carbonyl (C=O) groups is 1. The average molecular weight is 565 g/mol. The second-order valence-corrected chi connectivity index (χ2v) is 13.5. The Kier molecular flexibility index (Phi) is 32.5. The van der Waals surface area contributed by atoms with Crippen molar-refractivity contribution in [3.8, 4) is 0 Å². The van der Waals surface area contributed by atoms with Gasteiger partial charge in [-0.15, -0.1) is 0 Å². The molecule has 0 bridgehead atoms. The van der Waals surface area contributed by atoms with Crippen LogP contribution in [0.4, 0.5) is 0 Å². The number of hydrogen-bond donors (Lipinski definition) is 0. The minimum absolute atomic E-state index is 0.109. The van der Waals surface area contributed by atoms with Crippen LogP contribution < -0.4 is 0 Å². The van der Waals surface area contributed by atoms with Crippen LogP contribution in [0, 0.1) is 11.8 Å². The van der Waals surface area contributed by atoms with Gasteiger partial charge in [-0.1, -0.05) is 201 Å². The lowest BCUT2D eigenvalue weighted by Gasteiger charge is -2.16. The van der Waals surface area contributed by atoms with E-state index in [1.807, 2.05) is 0 Å². The van der Waals surface area contributed by atoms with Crippen molar-refractivity contribution in [3.05, 3.63) is 0 Å². The lowest BCUT2D eigenvalue weighted by Crippen LogP contribution is -2.18. The van der Waals surface area contributed by atoms with Crippen LogP contribution in [0.2, 0.25) is 0 Å². The number of rotatable bonds is 33. The van der Waals surface area contributed by atoms with Gasteiger partial charge in [-0.2, -0.15) is 0 Å². The second-order valence-electron chi connectivity index (χ2n) is 13.5. The van der Waals surface area contributed by atoms with E-state index in [9.17, 15) is 4.79 Å². The van der Waals surface area contributed by atoms with Crippen LogP contribution in [0.3, 0.4) is 0 Å². The summed E-state index contributed by atoms with van der Waals surface area (Å²) in [5.74, 6) is 1.12. The van der Waals surface area contributed by atoms with E-state index in [4.69, 9.17) is 4.74 Å². The monoisotopic (exact) mass is 565 g/mol. The minimum Gasteiger partial charge on any atom is -0.465 e. The molecule has 0 aromatic heterocycles. The highest BCUT2D eigenvalue weighted by molar-refractivity contribution is 5.72. The molecule has 0 saturated heterocycles. The summed E-state index contributed by atoms with van der Waals surface area (Å²) in [6.07, 6.45) is 39.6. The van der Waals surface area contributed by atoms with Crippen molar-refractivity contribution in [1.29, 1.82) is 0 Å². The van der Waals surface area contributed by atoms with Crippen LogP contribution in [0.15, 0.2) is 0 Å². The third-order valence-corrected chi connectivity index (χ3v) is 8.82. The summed E-state index contributed by atoms with van der Waals surface area (Å²) in [5, 5.41) is 0. The molecule has 0 aromatic rings. The first-order valence-electron chi connectivity index (χ1n) is 18.8. The first-order chi connectivity index (χ1) is 19.6. The van der Waals surface area contributed by atoms with Crippen LogP contribution >= 0.6 is 0 Å². The molecule has 240 valence electrons. The van der Waals surface area contributed by atoms with Gasteiger partial charge < -0.3 is 4.74 Å². The molecule has 2 heteroatoms. The van der Waals surface area contributed by atoms with Crippen molar-refractivity contribution in [3.63, 3.8) is 0 Å². The molecule has 0 saturated carbocycles. The first-order valence-corrected chi connectivity index (χ1v) is 18.8. The Morgan fingerprint density at radius 2 is 0.725 bits per heavy atom. The van der Waals surface area contributed by atoms with Crippen LogP contribution in [-0.4, -0.2) is 12.6 Å². The Labute approximate surface area is 254 Å². The van der Waals surface area contributed by atoms with Crippen molar-refractivity contribution in [1.82, 2.24) is 0 Å². The Morgan fingerprint density at radius 3 is 1.07 bits per heavy atom. The molecule has 0 heterocycles. The number of unbranched alkanes of at least 4 members (excludes halogenated alkanes) is 24. The molecule has 1 unspecified atom stereocenters. The maximum atomic E-state index is 12.9. The highest BCUT2D eigenvalue weighted by Gasteiger charge is 2.19. The van der Waals surface area contributed by atoms with Crippen LogP contribution in [0.5, 0.6) is 0 Å². The van der Waals surface area contributed by atoms with E-state index in [-0.39, 0.29) is 11.9 Å². The topological polar surface area (TPSA) is 26.3 Å². The third kappa shape index (κ3) is 30.4. The maximum Gasteiger partial charge on any atom is 0.308 e. The summed E-state index contributed by atoms with van der Waals surface area (Å²) >= 11 is 0. The molecule has 40 heavy (non-hydrogen) atoms. The Hall–Kier alpha value is -0.530. The van der Waals surface area contributed by atoms with Crippen molar-refractivity contribution < 1.29 is 9.53 Å². The lowest BCUT2D eigenvalue weighted by atomic mass is 9.94. The third-order valence-electron chi connectivity index (χ3n) is 8.82. The van der Waals surface area contributed by atoms with Crippen molar-refractivity contribution in [2.75, 3.05) is 6.61 Å². The Bertz CT molecular complexity index is 486. The van der Waals surface area contributed by atoms with E-state index >= 15 is 0 Å². The van der Waals surface area contributed by atoms with Crippen LogP contribution in [0.25, 0.3) is 0 Å². The minimum atomic E-state index is 0.109. The van der Waals surface area contributed by atoms with Gasteiger partial charge in [0.1, 0.15) is 0 Å². The number of hydrogen-bond acceptors (Lipinski definition) is 2. The summed E-state index contributed by atoms with van der Waals surface area (Å²) in [6, 6.07) is 0. The molecule has 0 rings (SSSR count). The molecule has 0 N–H and O–H groups in total. The van der Waals surface area contributed by atoms with Gasteiger partial charge in [-0.25, -0.2) is 0 Å².